The van der Waals surface area contributed by atoms with Gasteiger partial charge >= 0.3 is 0 Å². The molecule has 0 aromatic rings. The number of rotatable bonds is 8. The van der Waals surface area contributed by atoms with Crippen LogP contribution in [0, 0.1) is 0 Å². The van der Waals surface area contributed by atoms with E-state index in [1.807, 2.05) is 6.08 Å². The Kier molecular flexibility index (Phi) is 7.29. The second kappa shape index (κ2) is 7.33. The zero-order chi connectivity index (χ0) is 10.2. The highest BCUT2D eigenvalue weighted by Gasteiger charge is 2.29. The Bertz CT molecular complexity index is 130. The molecule has 0 N–H and O–H groups in total. The summed E-state index contributed by atoms with van der Waals surface area (Å²) >= 11 is 0. The summed E-state index contributed by atoms with van der Waals surface area (Å²) in [5.74, 6) is 0. The van der Waals surface area contributed by atoms with Crippen molar-refractivity contribution >= 4 is 8.32 Å². The lowest BCUT2D eigenvalue weighted by Crippen LogP contribution is -2.36. The van der Waals surface area contributed by atoms with Gasteiger partial charge in [-0.25, -0.2) is 0 Å². The minimum atomic E-state index is -1.33. The largest absolute Gasteiger partial charge is 0.417 e. The second-order valence-electron chi connectivity index (χ2n) is 3.50. The fourth-order valence-electron chi connectivity index (χ4n) is 1.75. The maximum absolute atomic E-state index is 5.98. The molecule has 1 nitrogen and oxygen atoms in total. The zero-order valence-corrected chi connectivity index (χ0v) is 10.4. The lowest BCUT2D eigenvalue weighted by atomic mass is 10.3. The number of unbranched alkanes of at least 4 members (excludes halogenated alkanes) is 1. The minimum absolute atomic E-state index is 0.891. The first-order chi connectivity index (χ1) is 6.24. The Hall–Kier alpha value is -0.0831. The van der Waals surface area contributed by atoms with Crippen molar-refractivity contribution in [3.05, 3.63) is 12.7 Å². The molecule has 0 aliphatic carbocycles. The van der Waals surface area contributed by atoms with Gasteiger partial charge in [0.25, 0.3) is 0 Å². The van der Waals surface area contributed by atoms with E-state index >= 15 is 0 Å². The SMILES string of the molecule is C=CCCC[Si](CC)(CC)OCC. The van der Waals surface area contributed by atoms with E-state index in [9.17, 15) is 0 Å². The van der Waals surface area contributed by atoms with Gasteiger partial charge in [-0.15, -0.1) is 6.58 Å². The van der Waals surface area contributed by atoms with Crippen LogP contribution in [0.5, 0.6) is 0 Å². The van der Waals surface area contributed by atoms with Crippen molar-refractivity contribution in [2.24, 2.45) is 0 Å². The molecule has 0 aliphatic rings. The highest BCUT2D eigenvalue weighted by molar-refractivity contribution is 6.73. The molecule has 0 radical (unpaired) electrons. The first-order valence-electron chi connectivity index (χ1n) is 5.49. The Labute approximate surface area is 84.3 Å². The molecule has 78 valence electrons. The van der Waals surface area contributed by atoms with Crippen LogP contribution in [0.15, 0.2) is 12.7 Å². The van der Waals surface area contributed by atoms with E-state index in [-0.39, 0.29) is 0 Å². The molecule has 0 fully saturated rings. The zero-order valence-electron chi connectivity index (χ0n) is 9.44. The summed E-state index contributed by atoms with van der Waals surface area (Å²) < 4.78 is 5.98. The van der Waals surface area contributed by atoms with E-state index in [1.54, 1.807) is 0 Å². The first kappa shape index (κ1) is 12.9. The van der Waals surface area contributed by atoms with Crippen LogP contribution >= 0.6 is 0 Å². The Balaban J connectivity index is 3.96. The van der Waals surface area contributed by atoms with Gasteiger partial charge in [0.1, 0.15) is 0 Å². The predicted octanol–water partition coefficient (Wildman–Crippen LogP) is 3.97. The van der Waals surface area contributed by atoms with Gasteiger partial charge in [-0.1, -0.05) is 26.3 Å². The summed E-state index contributed by atoms with van der Waals surface area (Å²) in [6.45, 7) is 11.3. The monoisotopic (exact) mass is 200 g/mol. The predicted molar refractivity (Wildman–Crippen MR) is 62.6 cm³/mol. The molecule has 0 saturated heterocycles. The molecule has 0 aliphatic heterocycles. The molecule has 0 amide bonds. The molecule has 0 heterocycles. The van der Waals surface area contributed by atoms with E-state index in [2.05, 4.69) is 27.4 Å². The summed E-state index contributed by atoms with van der Waals surface area (Å²) in [4.78, 5) is 0. The van der Waals surface area contributed by atoms with Crippen LogP contribution in [0.1, 0.15) is 33.6 Å². The van der Waals surface area contributed by atoms with Crippen LogP contribution in [0.3, 0.4) is 0 Å². The molecule has 13 heavy (non-hydrogen) atoms. The normalized spacial score (nSPS) is 11.6. The molecular weight excluding hydrogens is 176 g/mol. The number of hydrogen-bond acceptors (Lipinski definition) is 1. The van der Waals surface area contributed by atoms with Crippen molar-refractivity contribution in [2.45, 2.75) is 51.7 Å². The summed E-state index contributed by atoms with van der Waals surface area (Å²) in [5.41, 5.74) is 0. The topological polar surface area (TPSA) is 9.23 Å². The molecule has 2 heteroatoms. The lowest BCUT2D eigenvalue weighted by Gasteiger charge is -2.28. The van der Waals surface area contributed by atoms with Gasteiger partial charge in [0, 0.05) is 6.61 Å². The van der Waals surface area contributed by atoms with Crippen LogP contribution in [0.25, 0.3) is 0 Å². The van der Waals surface area contributed by atoms with Crippen LogP contribution in [-0.4, -0.2) is 14.9 Å². The summed E-state index contributed by atoms with van der Waals surface area (Å²) in [6.07, 6.45) is 4.41. The van der Waals surface area contributed by atoms with Gasteiger partial charge < -0.3 is 4.43 Å². The average Bonchev–Trinajstić information content (AvgIpc) is 2.17. The Morgan fingerprint density at radius 3 is 2.23 bits per heavy atom. The summed E-state index contributed by atoms with van der Waals surface area (Å²) in [5, 5.41) is 0. The van der Waals surface area contributed by atoms with Crippen molar-refractivity contribution in [1.29, 1.82) is 0 Å². The molecule has 0 aromatic heterocycles. The van der Waals surface area contributed by atoms with E-state index in [4.69, 9.17) is 4.43 Å². The van der Waals surface area contributed by atoms with Gasteiger partial charge in [0.05, 0.1) is 0 Å². The fourth-order valence-corrected chi connectivity index (χ4v) is 4.98. The molecule has 0 spiro atoms. The quantitative estimate of drug-likeness (QED) is 0.327. The van der Waals surface area contributed by atoms with Crippen molar-refractivity contribution in [1.82, 2.24) is 0 Å². The molecule has 0 saturated carbocycles. The van der Waals surface area contributed by atoms with E-state index in [0.29, 0.717) is 0 Å². The van der Waals surface area contributed by atoms with Crippen molar-refractivity contribution < 1.29 is 4.43 Å². The second-order valence-corrected chi connectivity index (χ2v) is 8.07. The lowest BCUT2D eigenvalue weighted by molar-refractivity contribution is 0.319. The molecule has 0 unspecified atom stereocenters. The van der Waals surface area contributed by atoms with Crippen LogP contribution < -0.4 is 0 Å². The molecule has 0 rings (SSSR count). The van der Waals surface area contributed by atoms with E-state index in [0.717, 1.165) is 13.0 Å². The van der Waals surface area contributed by atoms with Crippen molar-refractivity contribution in [3.63, 3.8) is 0 Å². The van der Waals surface area contributed by atoms with Crippen LogP contribution in [0.2, 0.25) is 18.1 Å². The van der Waals surface area contributed by atoms with E-state index in [1.165, 1.54) is 24.6 Å². The molecule has 0 aromatic carbocycles. The van der Waals surface area contributed by atoms with Gasteiger partial charge in [-0.2, -0.15) is 0 Å². The molecule has 0 atom stereocenters. The van der Waals surface area contributed by atoms with E-state index < -0.39 is 8.32 Å². The Morgan fingerprint density at radius 1 is 1.23 bits per heavy atom. The Morgan fingerprint density at radius 2 is 1.85 bits per heavy atom. The standard InChI is InChI=1S/C11H24OSi/c1-5-9-10-11-13(7-3,8-4)12-6-2/h5H,1,6-11H2,2-4H3. The van der Waals surface area contributed by atoms with Crippen LogP contribution in [-0.2, 0) is 4.43 Å². The molecular formula is C11H24OSi. The highest BCUT2D eigenvalue weighted by Crippen LogP contribution is 2.24. The highest BCUT2D eigenvalue weighted by atomic mass is 28.4. The minimum Gasteiger partial charge on any atom is -0.417 e. The molecule has 0 bridgehead atoms. The maximum atomic E-state index is 5.98. The van der Waals surface area contributed by atoms with Gasteiger partial charge in [0.2, 0.25) is 0 Å². The summed E-state index contributed by atoms with van der Waals surface area (Å²) in [6, 6.07) is 3.82. The third kappa shape index (κ3) is 4.63. The van der Waals surface area contributed by atoms with Crippen LogP contribution in [0.4, 0.5) is 0 Å². The van der Waals surface area contributed by atoms with Gasteiger partial charge in [-0.3, -0.25) is 0 Å². The summed E-state index contributed by atoms with van der Waals surface area (Å²) in [7, 11) is -1.33. The maximum Gasteiger partial charge on any atom is 0.192 e. The average molecular weight is 200 g/mol. The smallest absolute Gasteiger partial charge is 0.192 e. The van der Waals surface area contributed by atoms with Crippen molar-refractivity contribution in [3.8, 4) is 0 Å². The van der Waals surface area contributed by atoms with Gasteiger partial charge in [-0.05, 0) is 31.5 Å². The number of hydrogen-bond donors (Lipinski definition) is 0. The third-order valence-corrected chi connectivity index (χ3v) is 7.52. The van der Waals surface area contributed by atoms with Crippen molar-refractivity contribution in [2.75, 3.05) is 6.61 Å². The van der Waals surface area contributed by atoms with Gasteiger partial charge in [0.15, 0.2) is 8.32 Å². The first-order valence-corrected chi connectivity index (χ1v) is 8.02. The fraction of sp³-hybridized carbons (Fsp3) is 0.818. The number of allylic oxidation sites excluding steroid dienone is 1. The third-order valence-electron chi connectivity index (χ3n) is 2.78.